The topological polar surface area (TPSA) is 39.8 Å². The minimum atomic E-state index is -0.0472. The predicted octanol–water partition coefficient (Wildman–Crippen LogP) is 4.07. The third kappa shape index (κ3) is 2.33. The van der Waals surface area contributed by atoms with Gasteiger partial charge in [-0.15, -0.1) is 11.3 Å². The zero-order chi connectivity index (χ0) is 16.1. The summed E-state index contributed by atoms with van der Waals surface area (Å²) in [5, 5.41) is 5.32. The van der Waals surface area contributed by atoms with Crippen LogP contribution in [0.5, 0.6) is 0 Å². The van der Waals surface area contributed by atoms with Gasteiger partial charge < -0.3 is 4.57 Å². The highest BCUT2D eigenvalue weighted by atomic mass is 79.9. The molecule has 0 aliphatic rings. The molecule has 0 saturated heterocycles. The molecule has 0 aliphatic carbocycles. The van der Waals surface area contributed by atoms with Crippen molar-refractivity contribution in [3.8, 4) is 0 Å². The molecule has 4 rings (SSSR count). The van der Waals surface area contributed by atoms with Crippen LogP contribution in [0.1, 0.15) is 10.4 Å². The van der Waals surface area contributed by atoms with Gasteiger partial charge in [-0.1, -0.05) is 28.1 Å². The zero-order valence-corrected chi connectivity index (χ0v) is 15.1. The quantitative estimate of drug-likeness (QED) is 0.520. The molecule has 0 aliphatic heterocycles. The van der Waals surface area contributed by atoms with Crippen molar-refractivity contribution in [1.82, 2.24) is 14.3 Å². The minimum Gasteiger partial charge on any atom is -0.338 e. The number of aryl methyl sites for hydroxylation is 2. The lowest BCUT2D eigenvalue weighted by atomic mass is 10.2. The average molecular weight is 388 g/mol. The molecule has 0 N–H and O–H groups in total. The van der Waals surface area contributed by atoms with Crippen LogP contribution >= 0.6 is 27.3 Å². The molecule has 3 heterocycles. The molecule has 0 spiro atoms. The lowest BCUT2D eigenvalue weighted by Crippen LogP contribution is -2.24. The van der Waals surface area contributed by atoms with Gasteiger partial charge in [0.1, 0.15) is 5.52 Å². The molecule has 0 fully saturated rings. The van der Waals surface area contributed by atoms with Crippen LogP contribution in [0, 0.1) is 6.92 Å². The van der Waals surface area contributed by atoms with Gasteiger partial charge in [0.05, 0.1) is 23.0 Å². The molecule has 4 nitrogen and oxygen atoms in total. The summed E-state index contributed by atoms with van der Waals surface area (Å²) in [4.78, 5) is 14.1. The number of rotatable bonds is 2. The number of aromatic nitrogens is 3. The van der Waals surface area contributed by atoms with Crippen molar-refractivity contribution in [2.75, 3.05) is 0 Å². The van der Waals surface area contributed by atoms with Crippen molar-refractivity contribution in [3.05, 3.63) is 61.8 Å². The summed E-state index contributed by atoms with van der Waals surface area (Å²) in [5.74, 6) is 0. The van der Waals surface area contributed by atoms with E-state index in [1.54, 1.807) is 11.3 Å². The number of benzene rings is 1. The number of halogens is 1. The Balaban J connectivity index is 1.89. The van der Waals surface area contributed by atoms with E-state index in [1.807, 2.05) is 42.1 Å². The monoisotopic (exact) mass is 387 g/mol. The lowest BCUT2D eigenvalue weighted by Gasteiger charge is -2.06. The summed E-state index contributed by atoms with van der Waals surface area (Å²) < 4.78 is 5.67. The molecule has 6 heteroatoms. The molecule has 3 aromatic heterocycles. The maximum atomic E-state index is 12.8. The van der Waals surface area contributed by atoms with E-state index in [0.717, 1.165) is 31.2 Å². The molecule has 116 valence electrons. The van der Waals surface area contributed by atoms with Crippen molar-refractivity contribution in [3.63, 3.8) is 0 Å². The molecule has 0 bridgehead atoms. The normalized spacial score (nSPS) is 11.6. The smallest absolute Gasteiger partial charge is 0.291 e. The van der Waals surface area contributed by atoms with Gasteiger partial charge >= 0.3 is 0 Å². The Morgan fingerprint density at radius 3 is 2.74 bits per heavy atom. The summed E-state index contributed by atoms with van der Waals surface area (Å²) in [5.41, 5.74) is 2.82. The van der Waals surface area contributed by atoms with Crippen molar-refractivity contribution in [1.29, 1.82) is 0 Å². The van der Waals surface area contributed by atoms with Crippen molar-refractivity contribution < 1.29 is 0 Å². The fraction of sp³-hybridized carbons (Fsp3) is 0.176. The van der Waals surface area contributed by atoms with E-state index in [2.05, 4.69) is 34.0 Å². The number of thiophene rings is 1. The van der Waals surface area contributed by atoms with Crippen LogP contribution in [0.25, 0.3) is 21.1 Å². The van der Waals surface area contributed by atoms with Crippen LogP contribution in [0.3, 0.4) is 0 Å². The Kier molecular flexibility index (Phi) is 3.39. The second kappa shape index (κ2) is 5.32. The molecule has 0 radical (unpaired) electrons. The largest absolute Gasteiger partial charge is 0.338 e. The highest BCUT2D eigenvalue weighted by Crippen LogP contribution is 2.32. The maximum absolute atomic E-state index is 12.8. The summed E-state index contributed by atoms with van der Waals surface area (Å²) in [6.07, 6.45) is 1.81. The molecule has 0 atom stereocenters. The number of fused-ring (bicyclic) bond motifs is 3. The van der Waals surface area contributed by atoms with Crippen molar-refractivity contribution in [2.24, 2.45) is 7.05 Å². The summed E-state index contributed by atoms with van der Waals surface area (Å²) in [7, 11) is 1.95. The maximum Gasteiger partial charge on any atom is 0.291 e. The number of hydrogen-bond acceptors (Lipinski definition) is 3. The minimum absolute atomic E-state index is 0.0472. The van der Waals surface area contributed by atoms with Gasteiger partial charge in [-0.3, -0.25) is 4.79 Å². The van der Waals surface area contributed by atoms with E-state index in [0.29, 0.717) is 6.54 Å². The summed E-state index contributed by atoms with van der Waals surface area (Å²) in [6.45, 7) is 2.55. The van der Waals surface area contributed by atoms with Crippen LogP contribution in [-0.4, -0.2) is 14.3 Å². The van der Waals surface area contributed by atoms with E-state index < -0.39 is 0 Å². The van der Waals surface area contributed by atoms with Crippen LogP contribution in [0.4, 0.5) is 0 Å². The van der Waals surface area contributed by atoms with Crippen LogP contribution < -0.4 is 5.56 Å². The Labute approximate surface area is 145 Å². The van der Waals surface area contributed by atoms with Crippen molar-refractivity contribution in [2.45, 2.75) is 13.5 Å². The number of nitrogens with zero attached hydrogens (tertiary/aromatic N) is 3. The molecule has 0 unspecified atom stereocenters. The first-order valence-electron chi connectivity index (χ1n) is 7.23. The highest BCUT2D eigenvalue weighted by molar-refractivity contribution is 9.10. The van der Waals surface area contributed by atoms with Gasteiger partial charge in [0, 0.05) is 21.8 Å². The van der Waals surface area contributed by atoms with Gasteiger partial charge in [0.15, 0.2) is 0 Å². The Hall–Kier alpha value is -1.92. The standard InChI is InChI=1S/C17H14BrN3OS/c1-10-7-14-16(23-10)13-8-19-21(17(22)15(13)20(14)2)9-11-3-5-12(18)6-4-11/h3-8H,9H2,1-2H3. The number of hydrogen-bond donors (Lipinski definition) is 0. The van der Waals surface area contributed by atoms with Crippen molar-refractivity contribution >= 4 is 48.4 Å². The Morgan fingerprint density at radius 1 is 1.26 bits per heavy atom. The van der Waals surface area contributed by atoms with Crippen LogP contribution in [0.2, 0.25) is 0 Å². The van der Waals surface area contributed by atoms with Gasteiger partial charge in [-0.25, -0.2) is 4.68 Å². The van der Waals surface area contributed by atoms with Gasteiger partial charge in [0.2, 0.25) is 0 Å². The molecule has 0 amide bonds. The Morgan fingerprint density at radius 2 is 2.00 bits per heavy atom. The van der Waals surface area contributed by atoms with Gasteiger partial charge in [-0.05, 0) is 30.7 Å². The average Bonchev–Trinajstić information content (AvgIpc) is 3.02. The first-order valence-corrected chi connectivity index (χ1v) is 8.84. The fourth-order valence-electron chi connectivity index (χ4n) is 2.91. The van der Waals surface area contributed by atoms with E-state index in [9.17, 15) is 4.79 Å². The molecule has 0 saturated carbocycles. The third-order valence-corrected chi connectivity index (χ3v) is 5.64. The summed E-state index contributed by atoms with van der Waals surface area (Å²) >= 11 is 5.13. The SMILES string of the molecule is Cc1cc2c(s1)c1cnn(Cc3ccc(Br)cc3)c(=O)c1n2C. The highest BCUT2D eigenvalue weighted by Gasteiger charge is 2.15. The molecular weight excluding hydrogens is 374 g/mol. The second-order valence-electron chi connectivity index (χ2n) is 5.63. The van der Waals surface area contributed by atoms with E-state index >= 15 is 0 Å². The fourth-order valence-corrected chi connectivity index (χ4v) is 4.22. The second-order valence-corrected chi connectivity index (χ2v) is 7.80. The van der Waals surface area contributed by atoms with Gasteiger partial charge in [-0.2, -0.15) is 5.10 Å². The van der Waals surface area contributed by atoms with Crippen LogP contribution in [0.15, 0.2) is 45.8 Å². The van der Waals surface area contributed by atoms with E-state index in [4.69, 9.17) is 0 Å². The summed E-state index contributed by atoms with van der Waals surface area (Å²) in [6, 6.07) is 10.1. The van der Waals surface area contributed by atoms with E-state index in [1.165, 1.54) is 9.56 Å². The lowest BCUT2D eigenvalue weighted by molar-refractivity contribution is 0.644. The molecular formula is C17H14BrN3OS. The van der Waals surface area contributed by atoms with E-state index in [-0.39, 0.29) is 5.56 Å². The zero-order valence-electron chi connectivity index (χ0n) is 12.7. The third-order valence-electron chi connectivity index (χ3n) is 4.04. The predicted molar refractivity (Wildman–Crippen MR) is 98.3 cm³/mol. The Bertz CT molecular complexity index is 1090. The van der Waals surface area contributed by atoms with Crippen LogP contribution in [-0.2, 0) is 13.6 Å². The first-order chi connectivity index (χ1) is 11.0. The molecule has 1 aromatic carbocycles. The first kappa shape index (κ1) is 14.7. The van der Waals surface area contributed by atoms with Gasteiger partial charge in [0.25, 0.3) is 5.56 Å². The molecule has 23 heavy (non-hydrogen) atoms. The molecule has 4 aromatic rings.